The Morgan fingerprint density at radius 3 is 2.18 bits per heavy atom. The van der Waals surface area contributed by atoms with Crippen LogP contribution in [0.3, 0.4) is 0 Å². The molecule has 2 heterocycles. The molecule has 1 unspecified atom stereocenters. The van der Waals surface area contributed by atoms with Gasteiger partial charge in [-0.1, -0.05) is 73.3 Å². The number of piperidine rings is 1. The summed E-state index contributed by atoms with van der Waals surface area (Å²) >= 11 is 6.14. The van der Waals surface area contributed by atoms with Gasteiger partial charge in [0.25, 0.3) is 11.8 Å². The lowest BCUT2D eigenvalue weighted by Gasteiger charge is -2.44. The Bertz CT molecular complexity index is 1670. The molecule has 1 atom stereocenters. The number of anilines is 1. The maximum atomic E-state index is 14.3. The molecule has 2 N–H and O–H groups in total. The van der Waals surface area contributed by atoms with Gasteiger partial charge >= 0.3 is 0 Å². The van der Waals surface area contributed by atoms with E-state index in [2.05, 4.69) is 20.4 Å². The zero-order chi connectivity index (χ0) is 36.0. The van der Waals surface area contributed by atoms with Crippen molar-refractivity contribution in [1.82, 2.24) is 25.3 Å². The molecule has 3 aromatic carbocycles. The fourth-order valence-corrected chi connectivity index (χ4v) is 7.88. The second-order valence-corrected chi connectivity index (χ2v) is 14.9. The lowest BCUT2D eigenvalue weighted by atomic mass is 9.85. The number of nitrogens with zero attached hydrogens (tertiary/aromatic N) is 4. The Hall–Kier alpha value is -4.41. The van der Waals surface area contributed by atoms with Gasteiger partial charge in [0.05, 0.1) is 6.67 Å². The van der Waals surface area contributed by atoms with Crippen molar-refractivity contribution in [3.8, 4) is 0 Å². The van der Waals surface area contributed by atoms with Crippen LogP contribution < -0.4 is 15.5 Å². The Morgan fingerprint density at radius 1 is 0.882 bits per heavy atom. The highest BCUT2D eigenvalue weighted by Crippen LogP contribution is 2.39. The summed E-state index contributed by atoms with van der Waals surface area (Å²) in [5.74, 6) is -0.726. The number of carbonyl (C=O) groups is 4. The minimum Gasteiger partial charge on any atom is -0.352 e. The van der Waals surface area contributed by atoms with Crippen LogP contribution in [0.25, 0.3) is 0 Å². The number of hydrogen-bond acceptors (Lipinski definition) is 6. The summed E-state index contributed by atoms with van der Waals surface area (Å²) in [7, 11) is 3.98. The van der Waals surface area contributed by atoms with E-state index >= 15 is 0 Å². The summed E-state index contributed by atoms with van der Waals surface area (Å²) in [5, 5.41) is 6.77. The van der Waals surface area contributed by atoms with Gasteiger partial charge in [0.1, 0.15) is 18.1 Å². The van der Waals surface area contributed by atoms with Crippen LogP contribution in [0, 0.1) is 0 Å². The summed E-state index contributed by atoms with van der Waals surface area (Å²) in [4.78, 5) is 62.8. The minimum absolute atomic E-state index is 0.00832. The highest BCUT2D eigenvalue weighted by atomic mass is 35.5. The third kappa shape index (κ3) is 8.73. The van der Waals surface area contributed by atoms with E-state index < -0.39 is 11.6 Å². The van der Waals surface area contributed by atoms with Crippen LogP contribution in [0.2, 0.25) is 5.02 Å². The molecule has 2 aliphatic heterocycles. The van der Waals surface area contributed by atoms with Gasteiger partial charge < -0.3 is 30.2 Å². The Labute approximate surface area is 306 Å². The first kappa shape index (κ1) is 36.4. The number of para-hydroxylation sites is 1. The second kappa shape index (κ2) is 16.3. The van der Waals surface area contributed by atoms with E-state index in [4.69, 9.17) is 11.6 Å². The normalized spacial score (nSPS) is 18.3. The van der Waals surface area contributed by atoms with Gasteiger partial charge in [0.2, 0.25) is 11.8 Å². The summed E-state index contributed by atoms with van der Waals surface area (Å²) in [6.07, 6.45) is 6.48. The quantitative estimate of drug-likeness (QED) is 0.295. The van der Waals surface area contributed by atoms with Crippen LogP contribution in [0.4, 0.5) is 5.69 Å². The highest BCUT2D eigenvalue weighted by Gasteiger charge is 2.54. The van der Waals surface area contributed by atoms with Crippen LogP contribution in [0.5, 0.6) is 0 Å². The topological polar surface area (TPSA) is 105 Å². The third-order valence-electron chi connectivity index (χ3n) is 10.5. The molecule has 10 nitrogen and oxygen atoms in total. The number of likely N-dealkylation sites (tertiary alicyclic amines) is 1. The summed E-state index contributed by atoms with van der Waals surface area (Å²) in [5.41, 5.74) is 2.46. The Morgan fingerprint density at radius 2 is 1.53 bits per heavy atom. The predicted octanol–water partition coefficient (Wildman–Crippen LogP) is 4.86. The molecule has 1 saturated carbocycles. The molecule has 51 heavy (non-hydrogen) atoms. The monoisotopic (exact) mass is 712 g/mol. The first-order chi connectivity index (χ1) is 24.6. The van der Waals surface area contributed by atoms with Gasteiger partial charge in [-0.3, -0.25) is 19.2 Å². The molecular weight excluding hydrogens is 664 g/mol. The zero-order valence-electron chi connectivity index (χ0n) is 29.7. The van der Waals surface area contributed by atoms with Crippen molar-refractivity contribution in [2.24, 2.45) is 0 Å². The molecule has 0 bridgehead atoms. The molecule has 11 heteroatoms. The fourth-order valence-electron chi connectivity index (χ4n) is 7.76. The molecule has 1 aliphatic carbocycles. The molecule has 2 saturated heterocycles. The van der Waals surface area contributed by atoms with Crippen molar-refractivity contribution in [1.29, 1.82) is 0 Å². The SMILES string of the molecule is CN(C)Cc1ccc(C(=O)NC(Cc2ccc(Cl)cc2)C(=O)N2CCC3(CC2)C(=O)N(CC(=O)NC2CCCCC2)CN3c2ccccc2)cc1. The van der Waals surface area contributed by atoms with Gasteiger partial charge in [0, 0.05) is 48.4 Å². The third-order valence-corrected chi connectivity index (χ3v) is 10.7. The van der Waals surface area contributed by atoms with Crippen LogP contribution in [0.1, 0.15) is 66.4 Å². The first-order valence-corrected chi connectivity index (χ1v) is 18.5. The number of halogens is 1. The van der Waals surface area contributed by atoms with Crippen molar-refractivity contribution >= 4 is 40.9 Å². The van der Waals surface area contributed by atoms with E-state index in [0.717, 1.165) is 49.0 Å². The van der Waals surface area contributed by atoms with Crippen LogP contribution in [0.15, 0.2) is 78.9 Å². The molecule has 4 amide bonds. The molecule has 1 spiro atoms. The fraction of sp³-hybridized carbons (Fsp3) is 0.450. The van der Waals surface area contributed by atoms with Crippen molar-refractivity contribution in [2.75, 3.05) is 45.3 Å². The highest BCUT2D eigenvalue weighted by molar-refractivity contribution is 6.30. The van der Waals surface area contributed by atoms with Gasteiger partial charge in [-0.25, -0.2) is 0 Å². The number of carbonyl (C=O) groups excluding carboxylic acids is 4. The van der Waals surface area contributed by atoms with Crippen molar-refractivity contribution in [3.05, 3.63) is 101 Å². The maximum absolute atomic E-state index is 14.3. The number of hydrogen-bond donors (Lipinski definition) is 2. The molecule has 3 aliphatic rings. The molecule has 3 aromatic rings. The summed E-state index contributed by atoms with van der Waals surface area (Å²) in [6, 6.07) is 23.9. The van der Waals surface area contributed by atoms with Crippen molar-refractivity contribution in [2.45, 2.75) is 75.5 Å². The largest absolute Gasteiger partial charge is 0.352 e. The van der Waals surface area contributed by atoms with Gasteiger partial charge in [0.15, 0.2) is 0 Å². The van der Waals surface area contributed by atoms with E-state index in [0.29, 0.717) is 49.6 Å². The molecule has 3 fully saturated rings. The van der Waals surface area contributed by atoms with E-state index in [1.165, 1.54) is 6.42 Å². The van der Waals surface area contributed by atoms with Crippen LogP contribution >= 0.6 is 11.6 Å². The lowest BCUT2D eigenvalue weighted by molar-refractivity contribution is -0.140. The molecular formula is C40H49ClN6O4. The van der Waals surface area contributed by atoms with Gasteiger partial charge in [-0.2, -0.15) is 0 Å². The van der Waals surface area contributed by atoms with E-state index in [1.54, 1.807) is 34.1 Å². The van der Waals surface area contributed by atoms with Crippen molar-refractivity contribution < 1.29 is 19.2 Å². The first-order valence-electron chi connectivity index (χ1n) is 18.1. The zero-order valence-corrected chi connectivity index (χ0v) is 30.4. The van der Waals surface area contributed by atoms with Crippen molar-refractivity contribution in [3.63, 3.8) is 0 Å². The average molecular weight is 713 g/mol. The van der Waals surface area contributed by atoms with E-state index in [-0.39, 0.29) is 36.2 Å². The average Bonchev–Trinajstić information content (AvgIpc) is 3.39. The Balaban J connectivity index is 1.17. The van der Waals surface area contributed by atoms with Gasteiger partial charge in [-0.15, -0.1) is 0 Å². The maximum Gasteiger partial charge on any atom is 0.251 e. The lowest BCUT2D eigenvalue weighted by Crippen LogP contribution is -2.60. The van der Waals surface area contributed by atoms with Crippen LogP contribution in [-0.2, 0) is 27.3 Å². The molecule has 0 radical (unpaired) electrons. The second-order valence-electron chi connectivity index (χ2n) is 14.5. The molecule has 270 valence electrons. The number of benzene rings is 3. The molecule has 0 aromatic heterocycles. The number of nitrogens with one attached hydrogen (secondary N) is 2. The molecule has 6 rings (SSSR count). The number of amides is 4. The van der Waals surface area contributed by atoms with Crippen LogP contribution in [-0.4, -0.2) is 96.3 Å². The minimum atomic E-state index is -0.882. The Kier molecular flexibility index (Phi) is 11.6. The smallest absolute Gasteiger partial charge is 0.251 e. The summed E-state index contributed by atoms with van der Waals surface area (Å²) < 4.78 is 0. The van der Waals surface area contributed by atoms with E-state index in [1.807, 2.05) is 68.7 Å². The van der Waals surface area contributed by atoms with Gasteiger partial charge in [-0.05, 0) is 87.3 Å². The van der Waals surface area contributed by atoms with E-state index in [9.17, 15) is 19.2 Å². The standard InChI is InChI=1S/C40H49ClN6O4/c1-44(2)26-30-13-17-31(18-14-30)37(49)43-35(25-29-15-19-32(41)20-16-29)38(50)45-23-21-40(22-24-45)39(51)46(28-47(40)34-11-7-4-8-12-34)27-36(48)42-33-9-5-3-6-10-33/h4,7-8,11-20,33,35H,3,5-6,9-10,21-28H2,1-2H3,(H,42,48)(H,43,49). The summed E-state index contributed by atoms with van der Waals surface area (Å²) in [6.45, 7) is 1.74. The number of rotatable bonds is 11. The predicted molar refractivity (Wildman–Crippen MR) is 199 cm³/mol.